The number of hydrogen-bond donors (Lipinski definition) is 2. The van der Waals surface area contributed by atoms with E-state index in [1.807, 2.05) is 66.0 Å². The number of thiophene rings is 1. The number of benzene rings is 2. The third-order valence-corrected chi connectivity index (χ3v) is 4.44. The fourth-order valence-electron chi connectivity index (χ4n) is 2.34. The molecule has 0 fully saturated rings. The third-order valence-electron chi connectivity index (χ3n) is 3.60. The number of ether oxygens (including phenoxy) is 1. The van der Waals surface area contributed by atoms with E-state index >= 15 is 0 Å². The van der Waals surface area contributed by atoms with Gasteiger partial charge in [-0.1, -0.05) is 54.6 Å². The molecule has 3 aromatic rings. The molecule has 2 amide bonds. The molecule has 0 spiro atoms. The van der Waals surface area contributed by atoms with Crippen LogP contribution in [0, 0.1) is 0 Å². The van der Waals surface area contributed by atoms with Crippen molar-refractivity contribution in [2.75, 3.05) is 6.61 Å². The van der Waals surface area contributed by atoms with E-state index < -0.39 is 11.8 Å². The van der Waals surface area contributed by atoms with Crippen molar-refractivity contribution in [2.45, 2.75) is 0 Å². The first-order chi connectivity index (χ1) is 13.2. The smallest absolute Gasteiger partial charge is 0.276 e. The average molecular weight is 378 g/mol. The number of rotatable bonds is 6. The van der Waals surface area contributed by atoms with Crippen LogP contribution in [0.2, 0.25) is 0 Å². The summed E-state index contributed by atoms with van der Waals surface area (Å²) in [5.74, 6) is -0.264. The van der Waals surface area contributed by atoms with Crippen molar-refractivity contribution in [1.29, 1.82) is 0 Å². The summed E-state index contributed by atoms with van der Waals surface area (Å²) in [7, 11) is 0. The average Bonchev–Trinajstić information content (AvgIpc) is 3.24. The molecular weight excluding hydrogens is 360 g/mol. The highest BCUT2D eigenvalue weighted by atomic mass is 32.1. The van der Waals surface area contributed by atoms with E-state index in [1.165, 1.54) is 17.4 Å². The molecule has 0 bridgehead atoms. The van der Waals surface area contributed by atoms with Gasteiger partial charge in [0.15, 0.2) is 6.61 Å². The first kappa shape index (κ1) is 18.4. The molecule has 0 aliphatic rings. The van der Waals surface area contributed by atoms with Gasteiger partial charge in [-0.3, -0.25) is 20.4 Å². The molecule has 0 saturated carbocycles. The van der Waals surface area contributed by atoms with E-state index in [4.69, 9.17) is 4.74 Å². The quantitative estimate of drug-likeness (QED) is 0.508. The van der Waals surface area contributed by atoms with Gasteiger partial charge in [0.05, 0.1) is 0 Å². The maximum atomic E-state index is 11.9. The molecule has 6 heteroatoms. The third kappa shape index (κ3) is 5.55. The van der Waals surface area contributed by atoms with Gasteiger partial charge >= 0.3 is 0 Å². The molecule has 27 heavy (non-hydrogen) atoms. The SMILES string of the molecule is O=C(C=Cc1cccs1)NNC(=O)COc1ccccc1-c1ccccc1. The van der Waals surface area contributed by atoms with E-state index in [-0.39, 0.29) is 6.61 Å². The maximum absolute atomic E-state index is 11.9. The van der Waals surface area contributed by atoms with Crippen molar-refractivity contribution in [2.24, 2.45) is 0 Å². The van der Waals surface area contributed by atoms with E-state index in [0.717, 1.165) is 16.0 Å². The molecule has 1 heterocycles. The van der Waals surface area contributed by atoms with Crippen molar-refractivity contribution in [3.8, 4) is 16.9 Å². The topological polar surface area (TPSA) is 67.4 Å². The molecule has 0 aliphatic heterocycles. The Morgan fingerprint density at radius 1 is 0.926 bits per heavy atom. The molecule has 0 atom stereocenters. The van der Waals surface area contributed by atoms with E-state index in [1.54, 1.807) is 12.1 Å². The fraction of sp³-hybridized carbons (Fsp3) is 0.0476. The highest BCUT2D eigenvalue weighted by Crippen LogP contribution is 2.29. The zero-order valence-corrected chi connectivity index (χ0v) is 15.2. The van der Waals surface area contributed by atoms with Crippen molar-refractivity contribution >= 4 is 29.2 Å². The Balaban J connectivity index is 1.50. The Bertz CT molecular complexity index is 922. The second-order valence-corrected chi connectivity index (χ2v) is 6.52. The van der Waals surface area contributed by atoms with Crippen molar-refractivity contribution in [1.82, 2.24) is 10.9 Å². The monoisotopic (exact) mass is 378 g/mol. The Morgan fingerprint density at radius 2 is 1.70 bits per heavy atom. The standard InChI is InChI=1S/C21H18N2O3S/c24-20(13-12-17-9-6-14-27-17)22-23-21(25)15-26-19-11-5-4-10-18(19)16-7-2-1-3-8-16/h1-14H,15H2,(H,22,24)(H,23,25). The zero-order valence-electron chi connectivity index (χ0n) is 14.4. The predicted octanol–water partition coefficient (Wildman–Crippen LogP) is 3.65. The highest BCUT2D eigenvalue weighted by Gasteiger charge is 2.08. The van der Waals surface area contributed by atoms with Crippen molar-refractivity contribution < 1.29 is 14.3 Å². The number of hydrazine groups is 1. The summed E-state index contributed by atoms with van der Waals surface area (Å²) in [4.78, 5) is 24.6. The molecule has 0 saturated heterocycles. The minimum atomic E-state index is -0.448. The minimum Gasteiger partial charge on any atom is -0.483 e. The van der Waals surface area contributed by atoms with Gasteiger partial charge in [0.1, 0.15) is 5.75 Å². The van der Waals surface area contributed by atoms with Crippen LogP contribution in [0.3, 0.4) is 0 Å². The van der Waals surface area contributed by atoms with Gasteiger partial charge in [0, 0.05) is 16.5 Å². The van der Waals surface area contributed by atoms with Gasteiger partial charge in [-0.15, -0.1) is 11.3 Å². The number of carbonyl (C=O) groups excluding carboxylic acids is 2. The predicted molar refractivity (Wildman–Crippen MR) is 107 cm³/mol. The van der Waals surface area contributed by atoms with Crippen LogP contribution in [0.15, 0.2) is 78.2 Å². The second kappa shape index (κ2) is 9.35. The summed E-state index contributed by atoms with van der Waals surface area (Å²) in [5, 5.41) is 1.92. The van der Waals surface area contributed by atoms with Crippen LogP contribution in [0.4, 0.5) is 0 Å². The number of nitrogens with one attached hydrogen (secondary N) is 2. The van der Waals surface area contributed by atoms with Gasteiger partial charge in [0.25, 0.3) is 11.8 Å². The first-order valence-corrected chi connectivity index (χ1v) is 9.18. The lowest BCUT2D eigenvalue weighted by Crippen LogP contribution is -2.43. The Labute approximate surface area is 161 Å². The molecule has 2 N–H and O–H groups in total. The molecule has 3 rings (SSSR count). The lowest BCUT2D eigenvalue weighted by Gasteiger charge is -2.11. The first-order valence-electron chi connectivity index (χ1n) is 8.30. The summed E-state index contributed by atoms with van der Waals surface area (Å²) >= 11 is 1.52. The van der Waals surface area contributed by atoms with E-state index in [9.17, 15) is 9.59 Å². The van der Waals surface area contributed by atoms with Crippen LogP contribution in [-0.4, -0.2) is 18.4 Å². The number of amides is 2. The maximum Gasteiger partial charge on any atom is 0.276 e. The fourth-order valence-corrected chi connectivity index (χ4v) is 2.96. The second-order valence-electron chi connectivity index (χ2n) is 5.54. The number of hydrogen-bond acceptors (Lipinski definition) is 4. The molecular formula is C21H18N2O3S. The normalized spacial score (nSPS) is 10.5. The summed E-state index contributed by atoms with van der Waals surface area (Å²) in [6.45, 7) is -0.210. The largest absolute Gasteiger partial charge is 0.483 e. The van der Waals surface area contributed by atoms with Crippen LogP contribution in [0.1, 0.15) is 4.88 Å². The highest BCUT2D eigenvalue weighted by molar-refractivity contribution is 7.10. The number of para-hydroxylation sites is 1. The van der Waals surface area contributed by atoms with E-state index in [0.29, 0.717) is 5.75 Å². The molecule has 0 aliphatic carbocycles. The Kier molecular flexibility index (Phi) is 6.38. The molecule has 0 radical (unpaired) electrons. The van der Waals surface area contributed by atoms with Crippen LogP contribution in [-0.2, 0) is 9.59 Å². The van der Waals surface area contributed by atoms with Gasteiger partial charge < -0.3 is 4.74 Å². The van der Waals surface area contributed by atoms with Crippen LogP contribution < -0.4 is 15.6 Å². The van der Waals surface area contributed by atoms with Crippen molar-refractivity contribution in [3.63, 3.8) is 0 Å². The van der Waals surface area contributed by atoms with Gasteiger partial charge in [-0.05, 0) is 29.2 Å². The lowest BCUT2D eigenvalue weighted by atomic mass is 10.1. The van der Waals surface area contributed by atoms with Crippen molar-refractivity contribution in [3.05, 3.63) is 83.1 Å². The summed E-state index contributed by atoms with van der Waals surface area (Å²) in [5.41, 5.74) is 6.56. The molecule has 0 unspecified atom stereocenters. The Hall–Kier alpha value is -3.38. The van der Waals surface area contributed by atoms with E-state index in [2.05, 4.69) is 10.9 Å². The molecule has 1 aromatic heterocycles. The molecule has 5 nitrogen and oxygen atoms in total. The summed E-state index contributed by atoms with van der Waals surface area (Å²) in [6, 6.07) is 21.1. The molecule has 136 valence electrons. The Morgan fingerprint density at radius 3 is 2.48 bits per heavy atom. The zero-order chi connectivity index (χ0) is 18.9. The van der Waals surface area contributed by atoms with Gasteiger partial charge in [-0.25, -0.2) is 0 Å². The summed E-state index contributed by atoms with van der Waals surface area (Å²) < 4.78 is 5.62. The van der Waals surface area contributed by atoms with Crippen LogP contribution >= 0.6 is 11.3 Å². The number of carbonyl (C=O) groups is 2. The van der Waals surface area contributed by atoms with Crippen LogP contribution in [0.5, 0.6) is 5.75 Å². The van der Waals surface area contributed by atoms with Gasteiger partial charge in [0.2, 0.25) is 0 Å². The minimum absolute atomic E-state index is 0.210. The van der Waals surface area contributed by atoms with Crippen LogP contribution in [0.25, 0.3) is 17.2 Å². The summed E-state index contributed by atoms with van der Waals surface area (Å²) in [6.07, 6.45) is 3.04. The lowest BCUT2D eigenvalue weighted by molar-refractivity contribution is -0.128. The molecule has 2 aromatic carbocycles. The van der Waals surface area contributed by atoms with Gasteiger partial charge in [-0.2, -0.15) is 0 Å².